The van der Waals surface area contributed by atoms with E-state index in [2.05, 4.69) is 34.8 Å². The van der Waals surface area contributed by atoms with E-state index in [9.17, 15) is 0 Å². The van der Waals surface area contributed by atoms with Crippen LogP contribution in [0.3, 0.4) is 0 Å². The molecule has 0 aliphatic carbocycles. The van der Waals surface area contributed by atoms with E-state index in [1.54, 1.807) is 12.5 Å². The fourth-order valence-electron chi connectivity index (χ4n) is 2.18. The monoisotopic (exact) mass is 234 g/mol. The number of fused-ring (bicyclic) bond motifs is 1. The third-order valence-corrected chi connectivity index (χ3v) is 3.83. The van der Waals surface area contributed by atoms with Gasteiger partial charge in [-0.15, -0.1) is 11.3 Å². The molecule has 1 aliphatic heterocycles. The molecule has 84 valence electrons. The molecule has 1 N–H and O–H groups in total. The number of hydrogen-bond acceptors (Lipinski definition) is 4. The van der Waals surface area contributed by atoms with Crippen molar-refractivity contribution in [2.45, 2.75) is 12.5 Å². The van der Waals surface area contributed by atoms with Gasteiger partial charge in [0.2, 0.25) is 0 Å². The summed E-state index contributed by atoms with van der Waals surface area (Å²) in [6.45, 7) is 1.02. The highest BCUT2D eigenvalue weighted by molar-refractivity contribution is 7.09. The number of hydrogen-bond donors (Lipinski definition) is 1. The quantitative estimate of drug-likeness (QED) is 0.866. The first-order chi connectivity index (χ1) is 7.83. The lowest BCUT2D eigenvalue weighted by molar-refractivity contribution is 0.568. The Balaban J connectivity index is 1.76. The zero-order valence-electron chi connectivity index (χ0n) is 9.14. The molecule has 2 aromatic heterocycles. The van der Waals surface area contributed by atoms with Crippen molar-refractivity contribution < 1.29 is 4.42 Å². The molecule has 0 bridgehead atoms. The number of rotatable bonds is 2. The predicted octanol–water partition coefficient (Wildman–Crippen LogP) is 2.81. The van der Waals surface area contributed by atoms with Gasteiger partial charge in [-0.1, -0.05) is 6.07 Å². The Morgan fingerprint density at radius 2 is 2.50 bits per heavy atom. The summed E-state index contributed by atoms with van der Waals surface area (Å²) in [7, 11) is 2.11. The second-order valence-corrected chi connectivity index (χ2v) is 5.21. The largest absolute Gasteiger partial charge is 0.468 e. The highest BCUT2D eigenvalue weighted by atomic mass is 32.1. The van der Waals surface area contributed by atoms with Crippen molar-refractivity contribution in [2.75, 3.05) is 23.8 Å². The third-order valence-electron chi connectivity index (χ3n) is 2.93. The van der Waals surface area contributed by atoms with Gasteiger partial charge >= 0.3 is 0 Å². The van der Waals surface area contributed by atoms with Gasteiger partial charge in [0.25, 0.3) is 0 Å². The van der Waals surface area contributed by atoms with Gasteiger partial charge in [0, 0.05) is 30.9 Å². The SMILES string of the molecule is CN1CC(Cc2cccs2)Nc2cocc21. The molecule has 2 aromatic rings. The van der Waals surface area contributed by atoms with Gasteiger partial charge in [0.05, 0.1) is 11.4 Å². The molecule has 16 heavy (non-hydrogen) atoms. The van der Waals surface area contributed by atoms with Crippen molar-refractivity contribution in [3.63, 3.8) is 0 Å². The number of thiophene rings is 1. The van der Waals surface area contributed by atoms with Gasteiger partial charge in [-0.05, 0) is 11.4 Å². The zero-order chi connectivity index (χ0) is 11.0. The summed E-state index contributed by atoms with van der Waals surface area (Å²) in [6, 6.07) is 4.77. The number of nitrogens with zero attached hydrogens (tertiary/aromatic N) is 1. The van der Waals surface area contributed by atoms with Crippen LogP contribution in [0.4, 0.5) is 11.4 Å². The lowest BCUT2D eigenvalue weighted by atomic mass is 10.1. The molecule has 3 nitrogen and oxygen atoms in total. The minimum atomic E-state index is 0.466. The number of furan rings is 1. The van der Waals surface area contributed by atoms with Crippen LogP contribution >= 0.6 is 11.3 Å². The first-order valence-electron chi connectivity index (χ1n) is 5.39. The molecule has 0 fully saturated rings. The van der Waals surface area contributed by atoms with Crippen LogP contribution in [0.2, 0.25) is 0 Å². The highest BCUT2D eigenvalue weighted by Gasteiger charge is 2.23. The van der Waals surface area contributed by atoms with Gasteiger partial charge < -0.3 is 14.6 Å². The maximum atomic E-state index is 5.22. The first kappa shape index (κ1) is 9.78. The van der Waals surface area contributed by atoms with Gasteiger partial charge in [-0.3, -0.25) is 0 Å². The Kier molecular flexibility index (Phi) is 2.36. The van der Waals surface area contributed by atoms with E-state index in [4.69, 9.17) is 4.42 Å². The van der Waals surface area contributed by atoms with Crippen molar-refractivity contribution in [1.29, 1.82) is 0 Å². The third kappa shape index (κ3) is 1.69. The molecular weight excluding hydrogens is 220 g/mol. The second kappa shape index (κ2) is 3.87. The minimum absolute atomic E-state index is 0.466. The number of nitrogens with one attached hydrogen (secondary N) is 1. The highest BCUT2D eigenvalue weighted by Crippen LogP contribution is 2.31. The van der Waals surface area contributed by atoms with E-state index >= 15 is 0 Å². The smallest absolute Gasteiger partial charge is 0.116 e. The summed E-state index contributed by atoms with van der Waals surface area (Å²) in [5.41, 5.74) is 2.26. The van der Waals surface area contributed by atoms with Gasteiger partial charge in [-0.2, -0.15) is 0 Å². The Labute approximate surface area is 98.7 Å². The Hall–Kier alpha value is -1.42. The predicted molar refractivity (Wildman–Crippen MR) is 67.4 cm³/mol. The topological polar surface area (TPSA) is 28.4 Å². The molecule has 3 rings (SSSR count). The second-order valence-electron chi connectivity index (χ2n) is 4.18. The molecule has 0 radical (unpaired) electrons. The van der Waals surface area contributed by atoms with Crippen molar-refractivity contribution in [3.05, 3.63) is 34.9 Å². The summed E-state index contributed by atoms with van der Waals surface area (Å²) in [5, 5.41) is 5.65. The Morgan fingerprint density at radius 3 is 3.31 bits per heavy atom. The summed E-state index contributed by atoms with van der Waals surface area (Å²) in [6.07, 6.45) is 4.66. The summed E-state index contributed by atoms with van der Waals surface area (Å²) in [5.74, 6) is 0. The Bertz CT molecular complexity index is 463. The molecule has 4 heteroatoms. The molecule has 0 spiro atoms. The molecule has 1 atom stereocenters. The van der Waals surface area contributed by atoms with E-state index in [-0.39, 0.29) is 0 Å². The van der Waals surface area contributed by atoms with E-state index in [0.717, 1.165) is 24.3 Å². The van der Waals surface area contributed by atoms with E-state index in [0.29, 0.717) is 6.04 Å². The van der Waals surface area contributed by atoms with Crippen molar-refractivity contribution in [2.24, 2.45) is 0 Å². The minimum Gasteiger partial charge on any atom is -0.468 e. The summed E-state index contributed by atoms with van der Waals surface area (Å²) < 4.78 is 5.22. The van der Waals surface area contributed by atoms with Crippen LogP contribution < -0.4 is 10.2 Å². The van der Waals surface area contributed by atoms with Crippen LogP contribution in [-0.2, 0) is 6.42 Å². The maximum absolute atomic E-state index is 5.22. The lowest BCUT2D eigenvalue weighted by Crippen LogP contribution is -2.39. The molecule has 0 aromatic carbocycles. The van der Waals surface area contributed by atoms with Crippen LogP contribution in [0.5, 0.6) is 0 Å². The summed E-state index contributed by atoms with van der Waals surface area (Å²) in [4.78, 5) is 3.67. The zero-order valence-corrected chi connectivity index (χ0v) is 9.96. The van der Waals surface area contributed by atoms with E-state index in [1.807, 2.05) is 11.3 Å². The fraction of sp³-hybridized carbons (Fsp3) is 0.333. The number of likely N-dealkylation sites (N-methyl/N-ethyl adjacent to an activating group) is 1. The van der Waals surface area contributed by atoms with E-state index in [1.165, 1.54) is 4.88 Å². The van der Waals surface area contributed by atoms with E-state index < -0.39 is 0 Å². The molecule has 0 amide bonds. The lowest BCUT2D eigenvalue weighted by Gasteiger charge is -2.32. The normalized spacial score (nSPS) is 19.3. The van der Waals surface area contributed by atoms with Crippen LogP contribution in [-0.4, -0.2) is 19.6 Å². The standard InChI is InChI=1S/C12H14N2OS/c1-14-6-9(5-10-3-2-4-16-10)13-11-7-15-8-12(11)14/h2-4,7-9,13H,5-6H2,1H3. The average molecular weight is 234 g/mol. The fourth-order valence-corrected chi connectivity index (χ4v) is 2.96. The van der Waals surface area contributed by atoms with Gasteiger partial charge in [0.15, 0.2) is 0 Å². The van der Waals surface area contributed by atoms with Crippen LogP contribution in [0.25, 0.3) is 0 Å². The first-order valence-corrected chi connectivity index (χ1v) is 6.27. The van der Waals surface area contributed by atoms with Crippen molar-refractivity contribution in [1.82, 2.24) is 0 Å². The Morgan fingerprint density at radius 1 is 1.56 bits per heavy atom. The van der Waals surface area contributed by atoms with Crippen LogP contribution in [0.1, 0.15) is 4.88 Å². The van der Waals surface area contributed by atoms with Crippen LogP contribution in [0, 0.1) is 0 Å². The van der Waals surface area contributed by atoms with Crippen LogP contribution in [0.15, 0.2) is 34.5 Å². The molecule has 0 saturated heterocycles. The van der Waals surface area contributed by atoms with Crippen molar-refractivity contribution in [3.8, 4) is 0 Å². The van der Waals surface area contributed by atoms with Gasteiger partial charge in [-0.25, -0.2) is 0 Å². The molecule has 3 heterocycles. The number of anilines is 2. The van der Waals surface area contributed by atoms with Gasteiger partial charge in [0.1, 0.15) is 12.5 Å². The molecule has 1 unspecified atom stereocenters. The average Bonchev–Trinajstić information content (AvgIpc) is 2.87. The molecule has 0 saturated carbocycles. The molecule has 1 aliphatic rings. The maximum Gasteiger partial charge on any atom is 0.116 e. The molecular formula is C12H14N2OS. The van der Waals surface area contributed by atoms with Crippen molar-refractivity contribution >= 4 is 22.7 Å². The summed E-state index contributed by atoms with van der Waals surface area (Å²) >= 11 is 1.82.